The molecule has 2 aromatic carbocycles. The highest BCUT2D eigenvalue weighted by Crippen LogP contribution is 2.25. The molecule has 2 aromatic rings. The summed E-state index contributed by atoms with van der Waals surface area (Å²) >= 11 is 0. The summed E-state index contributed by atoms with van der Waals surface area (Å²) in [6, 6.07) is 10.6. The monoisotopic (exact) mass is 682 g/mol. The van der Waals surface area contributed by atoms with E-state index in [4.69, 9.17) is 25.7 Å². The minimum atomic E-state index is -0.971. The number of ether oxygens (including phenoxy) is 3. The Bertz CT molecular complexity index is 1420. The molecule has 0 fully saturated rings. The first kappa shape index (κ1) is 40.7. The van der Waals surface area contributed by atoms with E-state index in [0.717, 1.165) is 22.3 Å². The largest absolute Gasteiger partial charge is 0.514 e. The average Bonchev–Trinajstić information content (AvgIpc) is 2.96. The summed E-state index contributed by atoms with van der Waals surface area (Å²) in [6.45, 7) is 14.5. The maximum Gasteiger partial charge on any atom is 0.514 e. The molecule has 6 N–H and O–H groups in total. The normalized spacial score (nSPS) is 13.4. The standard InChI is InChI=1S/C37H54N4O8/c1-23-18-27(47-35(46)49-37(6,7)8)19-24(2)28(23)22-29(38)31(42)21-26(16-12-13-17-40-34(45)48-36(3,4)5)33(44)41-30(32(39)43)20-25-14-10-9-11-15-25/h9-11,14-15,18-19,26,29-30H,12-13,16-17,20-22,38H2,1-8H3,(H2,39,43)(H,40,45)(H,41,44)/t26-,29+,30+/m1/s1. The van der Waals surface area contributed by atoms with Gasteiger partial charge in [-0.2, -0.15) is 0 Å². The first-order chi connectivity index (χ1) is 22.7. The van der Waals surface area contributed by atoms with Crippen molar-refractivity contribution in [2.75, 3.05) is 6.54 Å². The maximum absolute atomic E-state index is 13.6. The van der Waals surface area contributed by atoms with Crippen LogP contribution in [0.3, 0.4) is 0 Å². The van der Waals surface area contributed by atoms with E-state index in [2.05, 4.69) is 10.6 Å². The summed E-state index contributed by atoms with van der Waals surface area (Å²) in [4.78, 5) is 63.5. The van der Waals surface area contributed by atoms with Gasteiger partial charge in [0.1, 0.15) is 23.0 Å². The van der Waals surface area contributed by atoms with Crippen molar-refractivity contribution in [2.45, 2.75) is 117 Å². The Hall–Kier alpha value is -4.45. The van der Waals surface area contributed by atoms with E-state index in [1.165, 1.54) is 0 Å². The third-order valence-electron chi connectivity index (χ3n) is 7.51. The second kappa shape index (κ2) is 18.4. The number of nitrogens with two attached hydrogens (primary N) is 2. The highest BCUT2D eigenvalue weighted by atomic mass is 16.7. The quantitative estimate of drug-likeness (QED) is 0.108. The third kappa shape index (κ3) is 15.5. The second-order valence-corrected chi connectivity index (χ2v) is 14.4. The van der Waals surface area contributed by atoms with Gasteiger partial charge in [0.15, 0.2) is 5.78 Å². The fraction of sp³-hybridized carbons (Fsp3) is 0.541. The Balaban J connectivity index is 2.13. The molecule has 0 saturated heterocycles. The molecule has 0 aliphatic carbocycles. The van der Waals surface area contributed by atoms with Gasteiger partial charge in [-0.1, -0.05) is 36.8 Å². The molecule has 0 unspecified atom stereocenters. The number of unbranched alkanes of at least 4 members (excludes halogenated alkanes) is 1. The van der Waals surface area contributed by atoms with Crippen LogP contribution in [0.5, 0.6) is 5.75 Å². The fourth-order valence-corrected chi connectivity index (χ4v) is 5.14. The van der Waals surface area contributed by atoms with Crippen molar-refractivity contribution in [3.8, 4) is 5.75 Å². The summed E-state index contributed by atoms with van der Waals surface area (Å²) in [5, 5.41) is 5.44. The van der Waals surface area contributed by atoms with Crippen LogP contribution in [0.15, 0.2) is 42.5 Å². The number of rotatable bonds is 16. The molecule has 0 bridgehead atoms. The summed E-state index contributed by atoms with van der Waals surface area (Å²) in [5.74, 6) is -1.96. The number of nitrogens with one attached hydrogen (secondary N) is 2. The number of alkyl carbamates (subject to hydrolysis) is 1. The van der Waals surface area contributed by atoms with E-state index in [1.807, 2.05) is 44.2 Å². The lowest BCUT2D eigenvalue weighted by Crippen LogP contribution is -2.48. The van der Waals surface area contributed by atoms with Gasteiger partial charge in [-0.15, -0.1) is 0 Å². The molecule has 0 aliphatic heterocycles. The smallest absolute Gasteiger partial charge is 0.444 e. The van der Waals surface area contributed by atoms with Crippen LogP contribution in [0.25, 0.3) is 0 Å². The molecule has 0 heterocycles. The highest BCUT2D eigenvalue weighted by molar-refractivity contribution is 5.92. The van der Waals surface area contributed by atoms with Crippen LogP contribution in [0.1, 0.15) is 89.5 Å². The average molecular weight is 683 g/mol. The predicted molar refractivity (Wildman–Crippen MR) is 187 cm³/mol. The first-order valence-corrected chi connectivity index (χ1v) is 16.6. The third-order valence-corrected chi connectivity index (χ3v) is 7.51. The van der Waals surface area contributed by atoms with Gasteiger partial charge in [-0.25, -0.2) is 9.59 Å². The molecule has 0 spiro atoms. The van der Waals surface area contributed by atoms with Crippen LogP contribution in [0.2, 0.25) is 0 Å². The molecule has 12 nitrogen and oxygen atoms in total. The number of ketones is 1. The number of hydrogen-bond donors (Lipinski definition) is 4. The summed E-state index contributed by atoms with van der Waals surface area (Å²) in [7, 11) is 0. The Morgan fingerprint density at radius 3 is 1.98 bits per heavy atom. The molecule has 3 amide bonds. The second-order valence-electron chi connectivity index (χ2n) is 14.4. The zero-order chi connectivity index (χ0) is 36.9. The Labute approximate surface area is 290 Å². The zero-order valence-electron chi connectivity index (χ0n) is 30.1. The molecule has 3 atom stereocenters. The van der Waals surface area contributed by atoms with Crippen LogP contribution in [-0.4, -0.2) is 59.7 Å². The number of carbonyl (C=O) groups is 5. The van der Waals surface area contributed by atoms with Crippen molar-refractivity contribution >= 4 is 29.8 Å². The van der Waals surface area contributed by atoms with Gasteiger partial charge in [-0.3, -0.25) is 14.4 Å². The van der Waals surface area contributed by atoms with Gasteiger partial charge in [0.25, 0.3) is 0 Å². The van der Waals surface area contributed by atoms with Crippen LogP contribution < -0.4 is 26.8 Å². The zero-order valence-corrected chi connectivity index (χ0v) is 30.1. The lowest BCUT2D eigenvalue weighted by Gasteiger charge is -2.23. The number of primary amides is 1. The van der Waals surface area contributed by atoms with Gasteiger partial charge in [0, 0.05) is 25.3 Å². The van der Waals surface area contributed by atoms with Crippen molar-refractivity contribution in [3.63, 3.8) is 0 Å². The van der Waals surface area contributed by atoms with E-state index in [1.54, 1.807) is 53.7 Å². The van der Waals surface area contributed by atoms with Crippen molar-refractivity contribution in [3.05, 3.63) is 64.7 Å². The molecule has 2 rings (SSSR count). The van der Waals surface area contributed by atoms with E-state index < -0.39 is 53.3 Å². The molecule has 12 heteroatoms. The minimum Gasteiger partial charge on any atom is -0.444 e. The van der Waals surface area contributed by atoms with E-state index >= 15 is 0 Å². The lowest BCUT2D eigenvalue weighted by molar-refractivity contribution is -0.132. The molecular weight excluding hydrogens is 628 g/mol. The van der Waals surface area contributed by atoms with E-state index in [0.29, 0.717) is 31.6 Å². The van der Waals surface area contributed by atoms with Crippen molar-refractivity contribution < 1.29 is 38.2 Å². The summed E-state index contributed by atoms with van der Waals surface area (Å²) in [6.07, 6.45) is 0.244. The highest BCUT2D eigenvalue weighted by Gasteiger charge is 2.29. The molecule has 0 aliphatic rings. The van der Waals surface area contributed by atoms with Gasteiger partial charge in [-0.05, 0) is 109 Å². The van der Waals surface area contributed by atoms with E-state index in [9.17, 15) is 24.0 Å². The topological polar surface area (TPSA) is 189 Å². The van der Waals surface area contributed by atoms with Crippen molar-refractivity contribution in [1.29, 1.82) is 0 Å². The van der Waals surface area contributed by atoms with Crippen molar-refractivity contribution in [1.82, 2.24) is 10.6 Å². The number of aryl methyl sites for hydroxylation is 2. The van der Waals surface area contributed by atoms with Crippen LogP contribution >= 0.6 is 0 Å². The Kier molecular flexibility index (Phi) is 15.3. The van der Waals surface area contributed by atoms with Gasteiger partial charge in [0.2, 0.25) is 11.8 Å². The predicted octanol–water partition coefficient (Wildman–Crippen LogP) is 4.97. The fourth-order valence-electron chi connectivity index (χ4n) is 5.14. The minimum absolute atomic E-state index is 0.152. The summed E-state index contributed by atoms with van der Waals surface area (Å²) < 4.78 is 15.8. The van der Waals surface area contributed by atoms with Crippen LogP contribution in [0, 0.1) is 19.8 Å². The molecule has 0 saturated carbocycles. The molecule has 0 radical (unpaired) electrons. The maximum atomic E-state index is 13.6. The van der Waals surface area contributed by atoms with Gasteiger partial charge in [0.05, 0.1) is 6.04 Å². The van der Waals surface area contributed by atoms with Crippen molar-refractivity contribution in [2.24, 2.45) is 17.4 Å². The Morgan fingerprint density at radius 1 is 0.837 bits per heavy atom. The first-order valence-electron chi connectivity index (χ1n) is 16.6. The number of Topliss-reactive ketones (excluding diaryl/α,β-unsaturated/α-hetero) is 1. The number of benzene rings is 2. The number of carbonyl (C=O) groups excluding carboxylic acids is 5. The number of amides is 3. The SMILES string of the molecule is Cc1cc(OC(=O)OC(C)(C)C)cc(C)c1C[C@H](N)C(=O)C[C@@H](CCCCNC(=O)OC(C)(C)C)C(=O)N[C@@H](Cc1ccccc1)C(N)=O. The van der Waals surface area contributed by atoms with E-state index in [-0.39, 0.29) is 25.0 Å². The van der Waals surface area contributed by atoms with Crippen LogP contribution in [-0.2, 0) is 36.7 Å². The molecule has 270 valence electrons. The van der Waals surface area contributed by atoms with Gasteiger partial charge < -0.3 is 36.3 Å². The Morgan fingerprint density at radius 2 is 1.43 bits per heavy atom. The molecular formula is C37H54N4O8. The summed E-state index contributed by atoms with van der Waals surface area (Å²) in [5.41, 5.74) is 13.9. The molecule has 49 heavy (non-hydrogen) atoms. The number of hydrogen-bond acceptors (Lipinski definition) is 9. The lowest BCUT2D eigenvalue weighted by atomic mass is 9.89. The van der Waals surface area contributed by atoms with Gasteiger partial charge >= 0.3 is 12.2 Å². The molecule has 0 aromatic heterocycles. The van der Waals surface area contributed by atoms with Crippen LogP contribution in [0.4, 0.5) is 9.59 Å².